The Morgan fingerprint density at radius 1 is 1.22 bits per heavy atom. The first-order valence-corrected chi connectivity index (χ1v) is 7.68. The minimum absolute atomic E-state index is 0.0997. The molecule has 1 N–H and O–H groups in total. The Bertz CT molecular complexity index is 681. The summed E-state index contributed by atoms with van der Waals surface area (Å²) in [5, 5.41) is 6.70. The van der Waals surface area contributed by atoms with E-state index < -0.39 is 0 Å². The highest BCUT2D eigenvalue weighted by Gasteiger charge is 2.31. The summed E-state index contributed by atoms with van der Waals surface area (Å²) in [7, 11) is 1.60. The van der Waals surface area contributed by atoms with Gasteiger partial charge in [-0.2, -0.15) is 5.10 Å². The summed E-state index contributed by atoms with van der Waals surface area (Å²) in [4.78, 5) is 30.3. The van der Waals surface area contributed by atoms with Crippen LogP contribution >= 0.6 is 0 Å². The number of likely N-dealkylation sites (N-methyl/N-ethyl adjacent to an activating group) is 1. The van der Waals surface area contributed by atoms with Crippen molar-refractivity contribution in [3.05, 3.63) is 42.5 Å². The third-order valence-corrected chi connectivity index (χ3v) is 4.11. The third kappa shape index (κ3) is 3.08. The second kappa shape index (κ2) is 6.60. The van der Waals surface area contributed by atoms with Gasteiger partial charge in [-0.1, -0.05) is 0 Å². The Balaban J connectivity index is 1.80. The zero-order valence-electron chi connectivity index (χ0n) is 13.0. The molecule has 1 saturated heterocycles. The van der Waals surface area contributed by atoms with Gasteiger partial charge in [0.15, 0.2) is 0 Å². The quantitative estimate of drug-likeness (QED) is 0.917. The van der Waals surface area contributed by atoms with Gasteiger partial charge in [-0.25, -0.2) is 9.67 Å². The molecule has 0 aliphatic carbocycles. The van der Waals surface area contributed by atoms with E-state index in [-0.39, 0.29) is 17.9 Å². The van der Waals surface area contributed by atoms with Crippen molar-refractivity contribution in [3.63, 3.8) is 0 Å². The molecule has 1 atom stereocenters. The molecule has 1 fully saturated rings. The number of nitrogens with zero attached hydrogens (tertiary/aromatic N) is 4. The molecular formula is C16H19N5O2. The first-order valence-electron chi connectivity index (χ1n) is 7.68. The standard InChI is InChI=1S/C16H19N5O2/c1-17-15(22)14-4-2-3-9-20(14)16(23)12-5-7-13(8-6-12)21-11-18-10-19-21/h5-8,10-11,14H,2-4,9H2,1H3,(H,17,22)/t14-/m1/s1. The van der Waals surface area contributed by atoms with E-state index in [4.69, 9.17) is 0 Å². The number of piperidine rings is 1. The SMILES string of the molecule is CNC(=O)[C@H]1CCCCN1C(=O)c1ccc(-n2cncn2)cc1. The molecule has 0 bridgehead atoms. The van der Waals surface area contributed by atoms with Crippen molar-refractivity contribution in [1.82, 2.24) is 25.0 Å². The lowest BCUT2D eigenvalue weighted by atomic mass is 10.00. The van der Waals surface area contributed by atoms with Crippen LogP contribution in [-0.2, 0) is 4.79 Å². The lowest BCUT2D eigenvalue weighted by Gasteiger charge is -2.34. The molecule has 0 spiro atoms. The van der Waals surface area contributed by atoms with E-state index in [1.54, 1.807) is 35.1 Å². The molecule has 2 aromatic rings. The molecule has 1 aliphatic rings. The smallest absolute Gasteiger partial charge is 0.254 e. The van der Waals surface area contributed by atoms with Crippen LogP contribution in [0.2, 0.25) is 0 Å². The minimum Gasteiger partial charge on any atom is -0.357 e. The molecule has 0 unspecified atom stereocenters. The minimum atomic E-state index is -0.378. The van der Waals surface area contributed by atoms with Gasteiger partial charge in [-0.15, -0.1) is 0 Å². The van der Waals surface area contributed by atoms with Crippen molar-refractivity contribution < 1.29 is 9.59 Å². The lowest BCUT2D eigenvalue weighted by molar-refractivity contribution is -0.126. The van der Waals surface area contributed by atoms with Crippen LogP contribution in [0, 0.1) is 0 Å². The topological polar surface area (TPSA) is 80.1 Å². The maximum Gasteiger partial charge on any atom is 0.254 e. The Morgan fingerprint density at radius 2 is 2.00 bits per heavy atom. The maximum atomic E-state index is 12.7. The fourth-order valence-corrected chi connectivity index (χ4v) is 2.88. The van der Waals surface area contributed by atoms with Gasteiger partial charge in [-0.3, -0.25) is 9.59 Å². The Morgan fingerprint density at radius 3 is 2.65 bits per heavy atom. The summed E-state index contributed by atoms with van der Waals surface area (Å²) < 4.78 is 1.63. The highest BCUT2D eigenvalue weighted by atomic mass is 16.2. The predicted octanol–water partition coefficient (Wildman–Crippen LogP) is 1.01. The van der Waals surface area contributed by atoms with Gasteiger partial charge in [0, 0.05) is 19.2 Å². The van der Waals surface area contributed by atoms with Crippen LogP contribution in [-0.4, -0.2) is 51.1 Å². The molecular weight excluding hydrogens is 294 g/mol. The van der Waals surface area contributed by atoms with Crippen molar-refractivity contribution >= 4 is 11.8 Å². The van der Waals surface area contributed by atoms with Crippen LogP contribution in [0.5, 0.6) is 0 Å². The summed E-state index contributed by atoms with van der Waals surface area (Å²) in [5.74, 6) is -0.208. The Labute approximate surface area is 134 Å². The highest BCUT2D eigenvalue weighted by molar-refractivity contribution is 5.97. The molecule has 120 valence electrons. The summed E-state index contributed by atoms with van der Waals surface area (Å²) in [5.41, 5.74) is 1.41. The molecule has 1 aromatic heterocycles. The number of aromatic nitrogens is 3. The lowest BCUT2D eigenvalue weighted by Crippen LogP contribution is -2.51. The Kier molecular flexibility index (Phi) is 4.36. The fraction of sp³-hybridized carbons (Fsp3) is 0.375. The van der Waals surface area contributed by atoms with Gasteiger partial charge in [0.05, 0.1) is 5.69 Å². The normalized spacial score (nSPS) is 17.8. The number of hydrogen-bond acceptors (Lipinski definition) is 4. The van der Waals surface area contributed by atoms with E-state index >= 15 is 0 Å². The molecule has 1 aromatic carbocycles. The second-order valence-electron chi connectivity index (χ2n) is 5.51. The molecule has 0 radical (unpaired) electrons. The summed E-state index contributed by atoms with van der Waals surface area (Å²) in [6.07, 6.45) is 5.66. The van der Waals surface area contributed by atoms with Crippen molar-refractivity contribution in [1.29, 1.82) is 0 Å². The molecule has 23 heavy (non-hydrogen) atoms. The van der Waals surface area contributed by atoms with E-state index in [2.05, 4.69) is 15.4 Å². The summed E-state index contributed by atoms with van der Waals surface area (Å²) >= 11 is 0. The van der Waals surface area contributed by atoms with Crippen LogP contribution in [0.1, 0.15) is 29.6 Å². The van der Waals surface area contributed by atoms with E-state index in [1.165, 1.54) is 6.33 Å². The number of hydrogen-bond donors (Lipinski definition) is 1. The average Bonchev–Trinajstić information content (AvgIpc) is 3.15. The molecule has 7 nitrogen and oxygen atoms in total. The van der Waals surface area contributed by atoms with Crippen molar-refractivity contribution in [2.24, 2.45) is 0 Å². The number of rotatable bonds is 3. The van der Waals surface area contributed by atoms with Crippen molar-refractivity contribution in [2.75, 3.05) is 13.6 Å². The molecule has 3 rings (SSSR count). The van der Waals surface area contributed by atoms with Gasteiger partial charge in [-0.05, 0) is 43.5 Å². The average molecular weight is 313 g/mol. The molecule has 0 saturated carbocycles. The zero-order valence-corrected chi connectivity index (χ0v) is 13.0. The number of nitrogens with one attached hydrogen (secondary N) is 1. The van der Waals surface area contributed by atoms with E-state index in [0.29, 0.717) is 18.5 Å². The van der Waals surface area contributed by atoms with E-state index in [9.17, 15) is 9.59 Å². The predicted molar refractivity (Wildman–Crippen MR) is 84.1 cm³/mol. The van der Waals surface area contributed by atoms with Gasteiger partial charge < -0.3 is 10.2 Å². The monoisotopic (exact) mass is 313 g/mol. The van der Waals surface area contributed by atoms with Crippen LogP contribution in [0.3, 0.4) is 0 Å². The van der Waals surface area contributed by atoms with Gasteiger partial charge in [0.1, 0.15) is 18.7 Å². The Hall–Kier alpha value is -2.70. The van der Waals surface area contributed by atoms with Gasteiger partial charge >= 0.3 is 0 Å². The highest BCUT2D eigenvalue weighted by Crippen LogP contribution is 2.20. The molecule has 2 heterocycles. The van der Waals surface area contributed by atoms with Crippen LogP contribution in [0.25, 0.3) is 5.69 Å². The maximum absolute atomic E-state index is 12.7. The van der Waals surface area contributed by atoms with Crippen LogP contribution < -0.4 is 5.32 Å². The number of carbonyl (C=O) groups is 2. The third-order valence-electron chi connectivity index (χ3n) is 4.11. The second-order valence-corrected chi connectivity index (χ2v) is 5.51. The first-order chi connectivity index (χ1) is 11.2. The summed E-state index contributed by atoms with van der Waals surface area (Å²) in [6.45, 7) is 0.613. The van der Waals surface area contributed by atoms with E-state index in [0.717, 1.165) is 18.5 Å². The largest absolute Gasteiger partial charge is 0.357 e. The number of likely N-dealkylation sites (tertiary alicyclic amines) is 1. The van der Waals surface area contributed by atoms with Crippen molar-refractivity contribution in [3.8, 4) is 5.69 Å². The van der Waals surface area contributed by atoms with Crippen LogP contribution in [0.4, 0.5) is 0 Å². The fourth-order valence-electron chi connectivity index (χ4n) is 2.88. The molecule has 1 aliphatic heterocycles. The number of carbonyl (C=O) groups excluding carboxylic acids is 2. The van der Waals surface area contributed by atoms with Crippen LogP contribution in [0.15, 0.2) is 36.9 Å². The number of amides is 2. The first kappa shape index (κ1) is 15.2. The molecule has 2 amide bonds. The summed E-state index contributed by atoms with van der Waals surface area (Å²) in [6, 6.07) is 6.78. The van der Waals surface area contributed by atoms with Gasteiger partial charge in [0.25, 0.3) is 5.91 Å². The number of benzene rings is 1. The molecule has 7 heteroatoms. The van der Waals surface area contributed by atoms with Gasteiger partial charge in [0.2, 0.25) is 5.91 Å². The van der Waals surface area contributed by atoms with E-state index in [1.807, 2.05) is 12.1 Å². The zero-order chi connectivity index (χ0) is 16.2. The van der Waals surface area contributed by atoms with Crippen molar-refractivity contribution in [2.45, 2.75) is 25.3 Å².